The van der Waals surface area contributed by atoms with Crippen LogP contribution in [0, 0.1) is 0 Å². The molecule has 0 aliphatic carbocycles. The van der Waals surface area contributed by atoms with Crippen molar-refractivity contribution in [2.24, 2.45) is 0 Å². The van der Waals surface area contributed by atoms with E-state index >= 15 is 0 Å². The van der Waals surface area contributed by atoms with E-state index in [4.69, 9.17) is 0 Å². The van der Waals surface area contributed by atoms with Crippen molar-refractivity contribution in [2.75, 3.05) is 18.0 Å². The van der Waals surface area contributed by atoms with E-state index in [2.05, 4.69) is 28.0 Å². The van der Waals surface area contributed by atoms with Crippen LogP contribution in [0.25, 0.3) is 0 Å². The fourth-order valence-corrected chi connectivity index (χ4v) is 1.46. The Hall–Kier alpha value is -1.71. The van der Waals surface area contributed by atoms with Crippen molar-refractivity contribution in [3.8, 4) is 0 Å². The summed E-state index contributed by atoms with van der Waals surface area (Å²) in [5.74, 6) is 1.27. The number of hydrogen-bond acceptors (Lipinski definition) is 4. The van der Waals surface area contributed by atoms with Crippen LogP contribution in [-0.4, -0.2) is 28.8 Å². The highest BCUT2D eigenvalue weighted by atomic mass is 16.1. The van der Waals surface area contributed by atoms with E-state index in [9.17, 15) is 4.79 Å². The molecule has 0 atom stereocenters. The molecule has 1 aliphatic heterocycles. The molecular formula is C11H15N3O. The molecule has 1 aromatic rings. The van der Waals surface area contributed by atoms with Gasteiger partial charge in [-0.2, -0.15) is 0 Å². The second-order valence-electron chi connectivity index (χ2n) is 3.09. The summed E-state index contributed by atoms with van der Waals surface area (Å²) in [6.45, 7) is 7.58. The monoisotopic (exact) mass is 205 g/mol. The SMILES string of the molecule is C=C.O=C1CCN(c2ccncn2)CC1. The molecule has 1 fully saturated rings. The average Bonchev–Trinajstić information content (AvgIpc) is 2.34. The Morgan fingerprint density at radius 2 is 1.93 bits per heavy atom. The molecule has 0 spiro atoms. The van der Waals surface area contributed by atoms with Crippen LogP contribution in [0.4, 0.5) is 5.82 Å². The van der Waals surface area contributed by atoms with Gasteiger partial charge < -0.3 is 4.90 Å². The molecule has 4 nitrogen and oxygen atoms in total. The molecule has 0 amide bonds. The fraction of sp³-hybridized carbons (Fsp3) is 0.364. The van der Waals surface area contributed by atoms with Crippen molar-refractivity contribution < 1.29 is 4.79 Å². The van der Waals surface area contributed by atoms with E-state index in [0.29, 0.717) is 18.6 Å². The summed E-state index contributed by atoms with van der Waals surface area (Å²) in [7, 11) is 0. The number of hydrogen-bond donors (Lipinski definition) is 0. The quantitative estimate of drug-likeness (QED) is 0.651. The molecule has 0 bridgehead atoms. The van der Waals surface area contributed by atoms with Crippen molar-refractivity contribution in [2.45, 2.75) is 12.8 Å². The Balaban J connectivity index is 0.000000531. The molecule has 0 N–H and O–H groups in total. The van der Waals surface area contributed by atoms with Gasteiger partial charge in [-0.25, -0.2) is 9.97 Å². The number of carbonyl (C=O) groups excluding carboxylic acids is 1. The molecule has 80 valence electrons. The van der Waals surface area contributed by atoms with Gasteiger partial charge in [0.2, 0.25) is 0 Å². The molecule has 1 saturated heterocycles. The number of nitrogens with zero attached hydrogens (tertiary/aromatic N) is 3. The van der Waals surface area contributed by atoms with Crippen LogP contribution < -0.4 is 4.90 Å². The van der Waals surface area contributed by atoms with Crippen LogP contribution in [0.2, 0.25) is 0 Å². The van der Waals surface area contributed by atoms with Crippen molar-refractivity contribution >= 4 is 11.6 Å². The maximum atomic E-state index is 11.0. The first-order valence-electron chi connectivity index (χ1n) is 4.89. The van der Waals surface area contributed by atoms with Gasteiger partial charge >= 0.3 is 0 Å². The number of piperidine rings is 1. The summed E-state index contributed by atoms with van der Waals surface area (Å²) in [4.78, 5) is 21.1. The molecule has 0 unspecified atom stereocenters. The molecule has 1 aliphatic rings. The lowest BCUT2D eigenvalue weighted by Crippen LogP contribution is -2.34. The Labute approximate surface area is 89.7 Å². The minimum atomic E-state index is 0.352. The Bertz CT molecular complexity index is 303. The lowest BCUT2D eigenvalue weighted by atomic mass is 10.1. The largest absolute Gasteiger partial charge is 0.356 e. The van der Waals surface area contributed by atoms with E-state index in [-0.39, 0.29) is 0 Å². The molecule has 1 aromatic heterocycles. The van der Waals surface area contributed by atoms with Crippen LogP contribution in [0.1, 0.15) is 12.8 Å². The third-order valence-electron chi connectivity index (χ3n) is 2.21. The van der Waals surface area contributed by atoms with Gasteiger partial charge in [-0.3, -0.25) is 4.79 Å². The van der Waals surface area contributed by atoms with Crippen LogP contribution in [-0.2, 0) is 4.79 Å². The van der Waals surface area contributed by atoms with Gasteiger partial charge in [-0.1, -0.05) is 0 Å². The zero-order chi connectivity index (χ0) is 11.1. The maximum Gasteiger partial charge on any atom is 0.136 e. The predicted molar refractivity (Wildman–Crippen MR) is 59.7 cm³/mol. The summed E-state index contributed by atoms with van der Waals surface area (Å²) < 4.78 is 0. The smallest absolute Gasteiger partial charge is 0.136 e. The van der Waals surface area contributed by atoms with E-state index in [1.807, 2.05) is 6.07 Å². The third-order valence-corrected chi connectivity index (χ3v) is 2.21. The van der Waals surface area contributed by atoms with Gasteiger partial charge in [0.05, 0.1) is 0 Å². The second-order valence-corrected chi connectivity index (χ2v) is 3.09. The van der Waals surface area contributed by atoms with Crippen molar-refractivity contribution in [1.29, 1.82) is 0 Å². The van der Waals surface area contributed by atoms with E-state index in [1.54, 1.807) is 6.20 Å². The standard InChI is InChI=1S/C9H11N3O.C2H4/c13-8-2-5-12(6-3-8)9-1-4-10-7-11-9;1-2/h1,4,7H,2-3,5-6H2;1-2H2. The van der Waals surface area contributed by atoms with Gasteiger partial charge in [0.1, 0.15) is 17.9 Å². The first-order valence-corrected chi connectivity index (χ1v) is 4.89. The lowest BCUT2D eigenvalue weighted by molar-refractivity contribution is -0.119. The highest BCUT2D eigenvalue weighted by Crippen LogP contribution is 2.13. The molecule has 0 saturated carbocycles. The summed E-state index contributed by atoms with van der Waals surface area (Å²) >= 11 is 0. The number of aromatic nitrogens is 2. The lowest BCUT2D eigenvalue weighted by Gasteiger charge is -2.26. The highest BCUT2D eigenvalue weighted by Gasteiger charge is 2.16. The number of Topliss-reactive ketones (excluding diaryl/α,β-unsaturated/α-hetero) is 1. The minimum absolute atomic E-state index is 0.352. The second kappa shape index (κ2) is 5.90. The number of rotatable bonds is 1. The molecule has 15 heavy (non-hydrogen) atoms. The summed E-state index contributed by atoms with van der Waals surface area (Å²) in [6.07, 6.45) is 4.54. The van der Waals surface area contributed by atoms with Gasteiger partial charge in [-0.15, -0.1) is 13.2 Å². The maximum absolute atomic E-state index is 11.0. The molecule has 2 rings (SSSR count). The Kier molecular flexibility index (Phi) is 4.47. The van der Waals surface area contributed by atoms with Crippen LogP contribution in [0.15, 0.2) is 31.7 Å². The molecule has 0 aromatic carbocycles. The minimum Gasteiger partial charge on any atom is -0.356 e. The summed E-state index contributed by atoms with van der Waals surface area (Å²) in [5.41, 5.74) is 0. The zero-order valence-corrected chi connectivity index (χ0v) is 8.72. The molecule has 4 heteroatoms. The normalized spacial score (nSPS) is 15.5. The van der Waals surface area contributed by atoms with E-state index in [0.717, 1.165) is 18.9 Å². The first kappa shape index (κ1) is 11.4. The van der Waals surface area contributed by atoms with Crippen LogP contribution in [0.3, 0.4) is 0 Å². The number of carbonyl (C=O) groups is 1. The van der Waals surface area contributed by atoms with E-state index in [1.165, 1.54) is 6.33 Å². The van der Waals surface area contributed by atoms with E-state index < -0.39 is 0 Å². The van der Waals surface area contributed by atoms with Gasteiger partial charge in [0.15, 0.2) is 0 Å². The van der Waals surface area contributed by atoms with Gasteiger partial charge in [-0.05, 0) is 6.07 Å². The number of anilines is 1. The summed E-state index contributed by atoms with van der Waals surface area (Å²) in [6, 6.07) is 1.87. The topological polar surface area (TPSA) is 46.1 Å². The van der Waals surface area contributed by atoms with Gasteiger partial charge in [0, 0.05) is 32.1 Å². The predicted octanol–water partition coefficient (Wildman–Crippen LogP) is 1.45. The van der Waals surface area contributed by atoms with Gasteiger partial charge in [0.25, 0.3) is 0 Å². The highest BCUT2D eigenvalue weighted by molar-refractivity contribution is 5.80. The fourth-order valence-electron chi connectivity index (χ4n) is 1.46. The number of ketones is 1. The zero-order valence-electron chi connectivity index (χ0n) is 8.72. The molecular weight excluding hydrogens is 190 g/mol. The summed E-state index contributed by atoms with van der Waals surface area (Å²) in [5, 5.41) is 0. The average molecular weight is 205 g/mol. The van der Waals surface area contributed by atoms with Crippen LogP contribution >= 0.6 is 0 Å². The first-order chi connectivity index (χ1) is 7.36. The molecule has 0 radical (unpaired) electrons. The molecule has 2 heterocycles. The third kappa shape index (κ3) is 3.16. The van der Waals surface area contributed by atoms with Crippen molar-refractivity contribution in [3.05, 3.63) is 31.7 Å². The van der Waals surface area contributed by atoms with Crippen LogP contribution in [0.5, 0.6) is 0 Å². The Morgan fingerprint density at radius 3 is 2.47 bits per heavy atom. The Morgan fingerprint density at radius 1 is 1.27 bits per heavy atom. The van der Waals surface area contributed by atoms with Crippen molar-refractivity contribution in [3.63, 3.8) is 0 Å². The van der Waals surface area contributed by atoms with Crippen molar-refractivity contribution in [1.82, 2.24) is 9.97 Å².